The molecule has 1 heterocycles. The van der Waals surface area contributed by atoms with Gasteiger partial charge in [-0.3, -0.25) is 0 Å². The van der Waals surface area contributed by atoms with Crippen LogP contribution in [0.5, 0.6) is 0 Å². The van der Waals surface area contributed by atoms with Crippen LogP contribution < -0.4 is 5.32 Å². The highest BCUT2D eigenvalue weighted by atomic mass is 32.1. The molecule has 0 aliphatic heterocycles. The highest BCUT2D eigenvalue weighted by Gasteiger charge is 2.09. The van der Waals surface area contributed by atoms with E-state index in [1.165, 1.54) is 21.8 Å². The minimum Gasteiger partial charge on any atom is -0.309 e. The van der Waals surface area contributed by atoms with Gasteiger partial charge in [0.2, 0.25) is 0 Å². The van der Waals surface area contributed by atoms with Gasteiger partial charge in [-0.2, -0.15) is 0 Å². The van der Waals surface area contributed by atoms with Crippen LogP contribution in [0.2, 0.25) is 0 Å². The fraction of sp³-hybridized carbons (Fsp3) is 0.438. The molecule has 19 heavy (non-hydrogen) atoms. The largest absolute Gasteiger partial charge is 0.309 e. The van der Waals surface area contributed by atoms with Gasteiger partial charge < -0.3 is 5.32 Å². The Morgan fingerprint density at radius 1 is 1.26 bits per heavy atom. The third-order valence-electron chi connectivity index (χ3n) is 3.19. The van der Waals surface area contributed by atoms with E-state index < -0.39 is 0 Å². The number of rotatable bonds is 6. The molecule has 0 amide bonds. The third kappa shape index (κ3) is 4.15. The summed E-state index contributed by atoms with van der Waals surface area (Å²) in [5.41, 5.74) is 3.81. The molecule has 0 aliphatic carbocycles. The lowest BCUT2D eigenvalue weighted by Gasteiger charge is -2.09. The molecular formula is C16H22N2S. The Balaban J connectivity index is 1.98. The number of aryl methyl sites for hydroxylation is 1. The van der Waals surface area contributed by atoms with Crippen molar-refractivity contribution in [2.45, 2.75) is 39.7 Å². The van der Waals surface area contributed by atoms with E-state index in [0.717, 1.165) is 19.4 Å². The van der Waals surface area contributed by atoms with E-state index in [9.17, 15) is 0 Å². The summed E-state index contributed by atoms with van der Waals surface area (Å²) in [4.78, 5) is 4.74. The van der Waals surface area contributed by atoms with Gasteiger partial charge >= 0.3 is 0 Å². The van der Waals surface area contributed by atoms with Crippen LogP contribution in [0.4, 0.5) is 0 Å². The number of hydrogen-bond donors (Lipinski definition) is 1. The molecule has 0 saturated carbocycles. The molecule has 2 aromatic rings. The van der Waals surface area contributed by atoms with Crippen molar-refractivity contribution < 1.29 is 0 Å². The Morgan fingerprint density at radius 3 is 2.68 bits per heavy atom. The summed E-state index contributed by atoms with van der Waals surface area (Å²) in [5, 5.41) is 6.85. The molecule has 0 spiro atoms. The van der Waals surface area contributed by atoms with Crippen LogP contribution in [0.15, 0.2) is 29.6 Å². The Bertz CT molecular complexity index is 502. The maximum absolute atomic E-state index is 4.74. The van der Waals surface area contributed by atoms with E-state index in [0.29, 0.717) is 6.04 Å². The Kier molecular flexibility index (Phi) is 5.11. The highest BCUT2D eigenvalue weighted by molar-refractivity contribution is 7.09. The standard InChI is InChI=1S/C16H22N2S/c1-4-9-17-13(3)15-11-19-16(18-15)10-14-7-5-12(2)6-8-14/h5-8,11,13,17H,4,9-10H2,1-3H3. The van der Waals surface area contributed by atoms with Crippen molar-refractivity contribution in [3.63, 3.8) is 0 Å². The second-order valence-corrected chi connectivity index (χ2v) is 5.95. The molecule has 102 valence electrons. The molecule has 0 saturated heterocycles. The summed E-state index contributed by atoms with van der Waals surface area (Å²) >= 11 is 1.76. The first-order chi connectivity index (χ1) is 9.19. The van der Waals surface area contributed by atoms with Gasteiger partial charge in [0.15, 0.2) is 0 Å². The maximum Gasteiger partial charge on any atom is 0.0972 e. The van der Waals surface area contributed by atoms with E-state index in [-0.39, 0.29) is 0 Å². The second-order valence-electron chi connectivity index (χ2n) is 5.00. The number of nitrogens with one attached hydrogen (secondary N) is 1. The summed E-state index contributed by atoms with van der Waals surface area (Å²) in [6, 6.07) is 9.05. The van der Waals surface area contributed by atoms with Crippen molar-refractivity contribution in [3.05, 3.63) is 51.5 Å². The fourth-order valence-corrected chi connectivity index (χ4v) is 2.87. The van der Waals surface area contributed by atoms with Crippen LogP contribution in [0.25, 0.3) is 0 Å². The number of aromatic nitrogens is 1. The SMILES string of the molecule is CCCNC(C)c1csc(Cc2ccc(C)cc2)n1. The van der Waals surface area contributed by atoms with Crippen molar-refractivity contribution >= 4 is 11.3 Å². The highest BCUT2D eigenvalue weighted by Crippen LogP contribution is 2.19. The normalized spacial score (nSPS) is 12.6. The first-order valence-electron chi connectivity index (χ1n) is 6.92. The zero-order valence-electron chi connectivity index (χ0n) is 11.9. The van der Waals surface area contributed by atoms with Gasteiger partial charge in [0.25, 0.3) is 0 Å². The minimum absolute atomic E-state index is 0.350. The van der Waals surface area contributed by atoms with Crippen molar-refractivity contribution in [2.75, 3.05) is 6.54 Å². The Labute approximate surface area is 119 Å². The Morgan fingerprint density at radius 2 is 2.00 bits per heavy atom. The van der Waals surface area contributed by atoms with E-state index in [2.05, 4.69) is 55.7 Å². The lowest BCUT2D eigenvalue weighted by atomic mass is 10.1. The van der Waals surface area contributed by atoms with Crippen molar-refractivity contribution in [2.24, 2.45) is 0 Å². The first kappa shape index (κ1) is 14.2. The van der Waals surface area contributed by atoms with Crippen LogP contribution in [0, 0.1) is 6.92 Å². The summed E-state index contributed by atoms with van der Waals surface area (Å²) in [7, 11) is 0. The number of nitrogens with zero attached hydrogens (tertiary/aromatic N) is 1. The van der Waals surface area contributed by atoms with Gasteiger partial charge in [0, 0.05) is 17.8 Å². The topological polar surface area (TPSA) is 24.9 Å². The molecule has 2 rings (SSSR count). The summed E-state index contributed by atoms with van der Waals surface area (Å²) in [6.45, 7) is 7.53. The Hall–Kier alpha value is -1.19. The molecule has 0 aliphatic rings. The van der Waals surface area contributed by atoms with Gasteiger partial charge in [-0.25, -0.2) is 4.98 Å². The second kappa shape index (κ2) is 6.83. The van der Waals surface area contributed by atoms with Crippen LogP contribution in [0.1, 0.15) is 48.1 Å². The molecule has 0 fully saturated rings. The average molecular weight is 274 g/mol. The monoisotopic (exact) mass is 274 g/mol. The molecular weight excluding hydrogens is 252 g/mol. The molecule has 0 bridgehead atoms. The van der Waals surface area contributed by atoms with E-state index >= 15 is 0 Å². The molecule has 1 N–H and O–H groups in total. The molecule has 1 aromatic heterocycles. The molecule has 0 radical (unpaired) electrons. The summed E-state index contributed by atoms with van der Waals surface area (Å²) in [6.07, 6.45) is 2.09. The van der Waals surface area contributed by atoms with Crippen molar-refractivity contribution in [1.82, 2.24) is 10.3 Å². The van der Waals surface area contributed by atoms with Gasteiger partial charge in [-0.05, 0) is 32.4 Å². The van der Waals surface area contributed by atoms with Crippen LogP contribution in [-0.4, -0.2) is 11.5 Å². The maximum atomic E-state index is 4.74. The van der Waals surface area contributed by atoms with E-state index in [1.807, 2.05) is 0 Å². The molecule has 3 heteroatoms. The van der Waals surface area contributed by atoms with Gasteiger partial charge in [0.05, 0.1) is 10.7 Å². The average Bonchev–Trinajstić information content (AvgIpc) is 2.87. The lowest BCUT2D eigenvalue weighted by molar-refractivity contribution is 0.560. The van der Waals surface area contributed by atoms with E-state index in [1.54, 1.807) is 11.3 Å². The van der Waals surface area contributed by atoms with Crippen LogP contribution in [0.3, 0.4) is 0 Å². The molecule has 2 nitrogen and oxygen atoms in total. The summed E-state index contributed by atoms with van der Waals surface area (Å²) < 4.78 is 0. The van der Waals surface area contributed by atoms with Gasteiger partial charge in [-0.15, -0.1) is 11.3 Å². The third-order valence-corrected chi connectivity index (χ3v) is 4.06. The summed E-state index contributed by atoms with van der Waals surface area (Å²) in [5.74, 6) is 0. The number of benzene rings is 1. The predicted octanol–water partition coefficient (Wildman–Crippen LogP) is 4.10. The van der Waals surface area contributed by atoms with Crippen LogP contribution >= 0.6 is 11.3 Å². The van der Waals surface area contributed by atoms with Gasteiger partial charge in [0.1, 0.15) is 0 Å². The molecule has 1 atom stereocenters. The molecule has 1 aromatic carbocycles. The minimum atomic E-state index is 0.350. The zero-order valence-corrected chi connectivity index (χ0v) is 12.8. The predicted molar refractivity (Wildman–Crippen MR) is 82.8 cm³/mol. The van der Waals surface area contributed by atoms with Crippen molar-refractivity contribution in [3.8, 4) is 0 Å². The zero-order chi connectivity index (χ0) is 13.7. The molecule has 1 unspecified atom stereocenters. The number of hydrogen-bond acceptors (Lipinski definition) is 3. The van der Waals surface area contributed by atoms with Gasteiger partial charge in [-0.1, -0.05) is 36.8 Å². The fourth-order valence-electron chi connectivity index (χ4n) is 1.95. The quantitative estimate of drug-likeness (QED) is 0.857. The lowest BCUT2D eigenvalue weighted by Crippen LogP contribution is -2.19. The van der Waals surface area contributed by atoms with E-state index in [4.69, 9.17) is 4.98 Å². The smallest absolute Gasteiger partial charge is 0.0972 e. The van der Waals surface area contributed by atoms with Crippen molar-refractivity contribution in [1.29, 1.82) is 0 Å². The first-order valence-corrected chi connectivity index (χ1v) is 7.80. The van der Waals surface area contributed by atoms with Crippen LogP contribution in [-0.2, 0) is 6.42 Å². The number of thiazole rings is 1.